The van der Waals surface area contributed by atoms with Gasteiger partial charge in [-0.25, -0.2) is 0 Å². The molecule has 0 saturated heterocycles. The third-order valence-electron chi connectivity index (χ3n) is 1.57. The second-order valence-corrected chi connectivity index (χ2v) is 3.13. The molecule has 74 valence electrons. The van der Waals surface area contributed by atoms with Crippen molar-refractivity contribution in [1.82, 2.24) is 4.90 Å². The summed E-state index contributed by atoms with van der Waals surface area (Å²) in [4.78, 5) is 13.1. The van der Waals surface area contributed by atoms with Crippen molar-refractivity contribution in [1.29, 1.82) is 0 Å². The summed E-state index contributed by atoms with van der Waals surface area (Å²) in [6.07, 6.45) is 3.20. The molecule has 0 radical (unpaired) electrons. The van der Waals surface area contributed by atoms with Gasteiger partial charge >= 0.3 is 0 Å². The summed E-state index contributed by atoms with van der Waals surface area (Å²) in [7, 11) is 3.73. The Kier molecular flexibility index (Phi) is 3.73. The lowest BCUT2D eigenvalue weighted by Gasteiger charge is -2.04. The maximum atomic E-state index is 11.3. The second-order valence-electron chi connectivity index (χ2n) is 3.13. The molecule has 0 heterocycles. The minimum atomic E-state index is -0.120. The molecule has 0 fully saturated rings. The molecule has 1 amide bonds. The molecule has 3 nitrogen and oxygen atoms in total. The minimum absolute atomic E-state index is 0.120. The van der Waals surface area contributed by atoms with Gasteiger partial charge < -0.3 is 10.2 Å². The standard InChI is InChI=1S/C11H14N2O/c1-13(2)9-8-11(14)12-10-6-4-3-5-7-10/h3-9H,1-2H3,(H,12,14)/b9-8+. The lowest BCUT2D eigenvalue weighted by atomic mass is 10.3. The van der Waals surface area contributed by atoms with Gasteiger partial charge in [-0.05, 0) is 12.1 Å². The van der Waals surface area contributed by atoms with E-state index in [4.69, 9.17) is 0 Å². The number of rotatable bonds is 3. The van der Waals surface area contributed by atoms with Gasteiger partial charge in [-0.3, -0.25) is 4.79 Å². The molecule has 0 saturated carbocycles. The summed E-state index contributed by atoms with van der Waals surface area (Å²) >= 11 is 0. The topological polar surface area (TPSA) is 32.3 Å². The molecule has 3 heteroatoms. The van der Waals surface area contributed by atoms with Gasteiger partial charge in [-0.1, -0.05) is 18.2 Å². The van der Waals surface area contributed by atoms with Crippen molar-refractivity contribution in [2.75, 3.05) is 19.4 Å². The number of anilines is 1. The number of amides is 1. The summed E-state index contributed by atoms with van der Waals surface area (Å²) in [5, 5.41) is 2.74. The molecule has 1 N–H and O–H groups in total. The first-order valence-corrected chi connectivity index (χ1v) is 4.39. The first-order valence-electron chi connectivity index (χ1n) is 4.39. The highest BCUT2D eigenvalue weighted by Gasteiger charge is 1.95. The summed E-state index contributed by atoms with van der Waals surface area (Å²) in [6.45, 7) is 0. The Balaban J connectivity index is 2.50. The van der Waals surface area contributed by atoms with Gasteiger partial charge in [0.2, 0.25) is 5.91 Å². The van der Waals surface area contributed by atoms with Crippen LogP contribution in [0.2, 0.25) is 0 Å². The maximum absolute atomic E-state index is 11.3. The van der Waals surface area contributed by atoms with Crippen LogP contribution in [0.1, 0.15) is 0 Å². The van der Waals surface area contributed by atoms with Gasteiger partial charge in [0, 0.05) is 32.1 Å². The van der Waals surface area contributed by atoms with Gasteiger partial charge in [-0.2, -0.15) is 0 Å². The molecule has 0 unspecified atom stereocenters. The molecular weight excluding hydrogens is 176 g/mol. The summed E-state index contributed by atoms with van der Waals surface area (Å²) in [5.41, 5.74) is 0.806. The third-order valence-corrected chi connectivity index (χ3v) is 1.57. The van der Waals surface area contributed by atoms with Crippen molar-refractivity contribution in [2.24, 2.45) is 0 Å². The van der Waals surface area contributed by atoms with Crippen molar-refractivity contribution in [3.05, 3.63) is 42.6 Å². The molecular formula is C11H14N2O. The smallest absolute Gasteiger partial charge is 0.249 e. The maximum Gasteiger partial charge on any atom is 0.249 e. The van der Waals surface area contributed by atoms with Gasteiger partial charge in [0.05, 0.1) is 0 Å². The van der Waals surface area contributed by atoms with Crippen molar-refractivity contribution in [2.45, 2.75) is 0 Å². The van der Waals surface area contributed by atoms with E-state index >= 15 is 0 Å². The van der Waals surface area contributed by atoms with Crippen LogP contribution in [0.15, 0.2) is 42.6 Å². The van der Waals surface area contributed by atoms with Crippen LogP contribution in [0, 0.1) is 0 Å². The van der Waals surface area contributed by atoms with E-state index in [1.807, 2.05) is 49.3 Å². The lowest BCUT2D eigenvalue weighted by molar-refractivity contribution is -0.112. The molecule has 0 spiro atoms. The van der Waals surface area contributed by atoms with Gasteiger partial charge in [-0.15, -0.1) is 0 Å². The molecule has 0 aliphatic rings. The summed E-state index contributed by atoms with van der Waals surface area (Å²) in [5.74, 6) is -0.120. The molecule has 0 aliphatic carbocycles. The number of carbonyl (C=O) groups excluding carboxylic acids is 1. The van der Waals surface area contributed by atoms with E-state index < -0.39 is 0 Å². The third kappa shape index (κ3) is 3.76. The van der Waals surface area contributed by atoms with Crippen LogP contribution in [0.4, 0.5) is 5.69 Å². The van der Waals surface area contributed by atoms with E-state index in [9.17, 15) is 4.79 Å². The van der Waals surface area contributed by atoms with E-state index in [0.717, 1.165) is 5.69 Å². The average Bonchev–Trinajstić information content (AvgIpc) is 2.16. The predicted molar refractivity (Wildman–Crippen MR) is 57.9 cm³/mol. The van der Waals surface area contributed by atoms with Crippen LogP contribution >= 0.6 is 0 Å². The molecule has 1 rings (SSSR count). The molecule has 1 aromatic rings. The van der Waals surface area contributed by atoms with Crippen molar-refractivity contribution < 1.29 is 4.79 Å². The minimum Gasteiger partial charge on any atom is -0.383 e. The van der Waals surface area contributed by atoms with Gasteiger partial charge in [0.1, 0.15) is 0 Å². The quantitative estimate of drug-likeness (QED) is 0.736. The highest BCUT2D eigenvalue weighted by molar-refractivity contribution is 5.99. The Morgan fingerprint density at radius 2 is 1.93 bits per heavy atom. The molecule has 0 bridgehead atoms. The number of hydrogen-bond acceptors (Lipinski definition) is 2. The molecule has 0 aromatic heterocycles. The van der Waals surface area contributed by atoms with Crippen molar-refractivity contribution >= 4 is 11.6 Å². The van der Waals surface area contributed by atoms with Crippen LogP contribution < -0.4 is 5.32 Å². The Bertz CT molecular complexity index is 317. The fourth-order valence-electron chi connectivity index (χ4n) is 0.922. The van der Waals surface area contributed by atoms with E-state index in [2.05, 4.69) is 5.32 Å². The van der Waals surface area contributed by atoms with Crippen molar-refractivity contribution in [3.63, 3.8) is 0 Å². The Hall–Kier alpha value is -1.77. The SMILES string of the molecule is CN(C)/C=C/C(=O)Nc1ccccc1. The van der Waals surface area contributed by atoms with Gasteiger partial charge in [0.25, 0.3) is 0 Å². The zero-order chi connectivity index (χ0) is 10.4. The fourth-order valence-corrected chi connectivity index (χ4v) is 0.922. The normalized spacial score (nSPS) is 10.1. The zero-order valence-electron chi connectivity index (χ0n) is 8.40. The number of hydrogen-bond donors (Lipinski definition) is 1. The molecule has 0 atom stereocenters. The highest BCUT2D eigenvalue weighted by Crippen LogP contribution is 2.04. The van der Waals surface area contributed by atoms with E-state index in [0.29, 0.717) is 0 Å². The number of carbonyl (C=O) groups is 1. The van der Waals surface area contributed by atoms with Crippen LogP contribution in [0.5, 0.6) is 0 Å². The Morgan fingerprint density at radius 1 is 1.29 bits per heavy atom. The number of para-hydroxylation sites is 1. The molecule has 14 heavy (non-hydrogen) atoms. The van der Waals surface area contributed by atoms with Crippen LogP contribution in [-0.4, -0.2) is 24.9 Å². The predicted octanol–water partition coefficient (Wildman–Crippen LogP) is 1.70. The van der Waals surface area contributed by atoms with Crippen LogP contribution in [0.25, 0.3) is 0 Å². The number of nitrogens with zero attached hydrogens (tertiary/aromatic N) is 1. The summed E-state index contributed by atoms with van der Waals surface area (Å²) in [6, 6.07) is 9.37. The molecule has 0 aliphatic heterocycles. The Labute approximate surface area is 84.0 Å². The first kappa shape index (κ1) is 10.3. The van der Waals surface area contributed by atoms with Gasteiger partial charge in [0.15, 0.2) is 0 Å². The fraction of sp³-hybridized carbons (Fsp3) is 0.182. The van der Waals surface area contributed by atoms with E-state index in [-0.39, 0.29) is 5.91 Å². The second kappa shape index (κ2) is 5.07. The zero-order valence-corrected chi connectivity index (χ0v) is 8.40. The largest absolute Gasteiger partial charge is 0.383 e. The van der Waals surface area contributed by atoms with E-state index in [1.54, 1.807) is 6.20 Å². The number of benzene rings is 1. The van der Waals surface area contributed by atoms with Crippen LogP contribution in [0.3, 0.4) is 0 Å². The Morgan fingerprint density at radius 3 is 2.50 bits per heavy atom. The summed E-state index contributed by atoms with van der Waals surface area (Å²) < 4.78 is 0. The lowest BCUT2D eigenvalue weighted by Crippen LogP contribution is -2.10. The monoisotopic (exact) mass is 190 g/mol. The van der Waals surface area contributed by atoms with Crippen LogP contribution in [-0.2, 0) is 4.79 Å². The molecule has 1 aromatic carbocycles. The van der Waals surface area contributed by atoms with E-state index in [1.165, 1.54) is 6.08 Å². The van der Waals surface area contributed by atoms with Crippen molar-refractivity contribution in [3.8, 4) is 0 Å². The number of nitrogens with one attached hydrogen (secondary N) is 1. The highest BCUT2D eigenvalue weighted by atomic mass is 16.1. The first-order chi connectivity index (χ1) is 6.68. The average molecular weight is 190 g/mol.